The normalized spacial score (nSPS) is 12.5. The van der Waals surface area contributed by atoms with Crippen molar-refractivity contribution in [2.24, 2.45) is 0 Å². The Labute approximate surface area is 394 Å². The minimum absolute atomic E-state index is 0.536. The summed E-state index contributed by atoms with van der Waals surface area (Å²) in [4.78, 5) is 16.5. The number of para-hydroxylation sites is 2. The van der Waals surface area contributed by atoms with Crippen molar-refractivity contribution in [1.29, 1.82) is 0 Å². The zero-order valence-corrected chi connectivity index (χ0v) is 36.9. The highest BCUT2D eigenvalue weighted by Gasteiger charge is 2.47. The molecule has 1 aliphatic carbocycles. The zero-order chi connectivity index (χ0) is 45.0. The second-order valence-corrected chi connectivity index (χ2v) is 17.4. The van der Waals surface area contributed by atoms with Gasteiger partial charge in [0.15, 0.2) is 17.5 Å². The highest BCUT2D eigenvalue weighted by molar-refractivity contribution is 6.09. The van der Waals surface area contributed by atoms with Gasteiger partial charge in [0, 0.05) is 21.9 Å². The molecular formula is C64H41N3O. The van der Waals surface area contributed by atoms with Crippen LogP contribution in [0.2, 0.25) is 0 Å². The third-order valence-electron chi connectivity index (χ3n) is 13.7. The summed E-state index contributed by atoms with van der Waals surface area (Å²) in [7, 11) is 0. The maximum atomic E-state index is 6.68. The Kier molecular flexibility index (Phi) is 9.36. The molecule has 318 valence electrons. The number of hydrogen-bond donors (Lipinski definition) is 0. The predicted molar refractivity (Wildman–Crippen MR) is 277 cm³/mol. The topological polar surface area (TPSA) is 51.8 Å². The molecule has 0 fully saturated rings. The molecule has 4 nitrogen and oxygen atoms in total. The lowest BCUT2D eigenvalue weighted by Gasteiger charge is -2.34. The molecule has 0 amide bonds. The molecule has 0 spiro atoms. The summed E-state index contributed by atoms with van der Waals surface area (Å²) >= 11 is 0. The molecular weight excluding hydrogens is 827 g/mol. The third-order valence-corrected chi connectivity index (χ3v) is 13.7. The van der Waals surface area contributed by atoms with Gasteiger partial charge >= 0.3 is 0 Å². The number of rotatable bonds is 8. The molecule has 0 atom stereocenters. The van der Waals surface area contributed by atoms with Gasteiger partial charge in [-0.2, -0.15) is 0 Å². The molecule has 2 heterocycles. The van der Waals surface area contributed by atoms with Crippen LogP contribution in [0.3, 0.4) is 0 Å². The summed E-state index contributed by atoms with van der Waals surface area (Å²) in [6.07, 6.45) is 0. The third kappa shape index (κ3) is 6.34. The van der Waals surface area contributed by atoms with Gasteiger partial charge in [0.25, 0.3) is 0 Å². The van der Waals surface area contributed by atoms with E-state index in [9.17, 15) is 0 Å². The molecule has 4 heteroatoms. The van der Waals surface area contributed by atoms with E-state index < -0.39 is 5.41 Å². The number of benzene rings is 10. The van der Waals surface area contributed by atoms with Gasteiger partial charge in [-0.3, -0.25) is 0 Å². The van der Waals surface area contributed by atoms with Gasteiger partial charge < -0.3 is 4.42 Å². The van der Waals surface area contributed by atoms with Gasteiger partial charge in [-0.1, -0.05) is 218 Å². The Bertz CT molecular complexity index is 3790. The van der Waals surface area contributed by atoms with Crippen LogP contribution < -0.4 is 0 Å². The first-order valence-electron chi connectivity index (χ1n) is 23.1. The predicted octanol–water partition coefficient (Wildman–Crippen LogP) is 16.1. The molecule has 0 radical (unpaired) electrons. The van der Waals surface area contributed by atoms with Crippen molar-refractivity contribution in [2.45, 2.75) is 5.41 Å². The minimum atomic E-state index is -0.652. The van der Waals surface area contributed by atoms with Gasteiger partial charge in [0.05, 0.1) is 11.0 Å². The Morgan fingerprint density at radius 1 is 0.294 bits per heavy atom. The second kappa shape index (κ2) is 16.2. The quantitative estimate of drug-likeness (QED) is 0.153. The average Bonchev–Trinajstić information content (AvgIpc) is 3.96. The Hall–Kier alpha value is -8.99. The van der Waals surface area contributed by atoms with E-state index in [2.05, 4.69) is 237 Å². The molecule has 0 unspecified atom stereocenters. The minimum Gasteiger partial charge on any atom is -0.455 e. The van der Waals surface area contributed by atoms with Gasteiger partial charge in [0.2, 0.25) is 0 Å². The molecule has 13 rings (SSSR count). The van der Waals surface area contributed by atoms with E-state index in [0.717, 1.165) is 77.6 Å². The maximum absolute atomic E-state index is 6.68. The Morgan fingerprint density at radius 2 is 0.779 bits per heavy atom. The summed E-state index contributed by atoms with van der Waals surface area (Å²) in [6, 6.07) is 88.3. The van der Waals surface area contributed by atoms with Crippen LogP contribution in [0.5, 0.6) is 0 Å². The van der Waals surface area contributed by atoms with E-state index >= 15 is 0 Å². The van der Waals surface area contributed by atoms with E-state index in [1.54, 1.807) is 0 Å². The van der Waals surface area contributed by atoms with Crippen LogP contribution in [-0.4, -0.2) is 15.0 Å². The summed E-state index contributed by atoms with van der Waals surface area (Å²) in [5, 5.41) is 2.06. The Balaban J connectivity index is 1.11. The monoisotopic (exact) mass is 867 g/mol. The number of aromatic nitrogens is 3. The molecule has 1 aliphatic rings. The fourth-order valence-electron chi connectivity index (χ4n) is 10.6. The first-order chi connectivity index (χ1) is 33.7. The van der Waals surface area contributed by atoms with Crippen LogP contribution >= 0.6 is 0 Å². The highest BCUT2D eigenvalue weighted by atomic mass is 16.3. The van der Waals surface area contributed by atoms with Crippen LogP contribution in [0.1, 0.15) is 22.3 Å². The average molecular weight is 868 g/mol. The van der Waals surface area contributed by atoms with E-state index in [0.29, 0.717) is 17.5 Å². The molecule has 0 bridgehead atoms. The number of hydrogen-bond acceptors (Lipinski definition) is 4. The second-order valence-electron chi connectivity index (χ2n) is 17.4. The van der Waals surface area contributed by atoms with E-state index in [1.165, 1.54) is 27.8 Å². The number of fused-ring (bicyclic) bond motifs is 6. The lowest BCUT2D eigenvalue weighted by Crippen LogP contribution is -2.28. The fraction of sp³-hybridized carbons (Fsp3) is 0.0156. The molecule has 0 saturated carbocycles. The largest absolute Gasteiger partial charge is 0.455 e. The Morgan fingerprint density at radius 3 is 1.43 bits per heavy atom. The molecule has 12 aromatic rings. The van der Waals surface area contributed by atoms with Crippen molar-refractivity contribution in [2.75, 3.05) is 0 Å². The van der Waals surface area contributed by atoms with E-state index in [1.807, 2.05) is 12.1 Å². The molecule has 0 N–H and O–H groups in total. The number of furan rings is 1. The lowest BCUT2D eigenvalue weighted by molar-refractivity contribution is 0.669. The molecule has 10 aromatic carbocycles. The first kappa shape index (κ1) is 39.4. The van der Waals surface area contributed by atoms with Crippen molar-refractivity contribution in [3.8, 4) is 78.7 Å². The van der Waals surface area contributed by atoms with Crippen molar-refractivity contribution in [3.63, 3.8) is 0 Å². The van der Waals surface area contributed by atoms with Crippen molar-refractivity contribution < 1.29 is 4.42 Å². The summed E-state index contributed by atoms with van der Waals surface area (Å²) in [6.45, 7) is 0. The van der Waals surface area contributed by atoms with Crippen LogP contribution in [0.15, 0.2) is 253 Å². The number of nitrogens with zero attached hydrogens (tertiary/aromatic N) is 3. The van der Waals surface area contributed by atoms with Crippen molar-refractivity contribution in [1.82, 2.24) is 15.0 Å². The first-order valence-corrected chi connectivity index (χ1v) is 23.1. The summed E-state index contributed by atoms with van der Waals surface area (Å²) in [5.74, 6) is 1.69. The SMILES string of the molecule is c1ccc(-c2ccc(-c3nc(-c4cccc5c4-c4ccc(-c6ccccc6)cc4C5(c4ccccc4)c4ccccc4)nc(-c4cccc5c4oc4ccccc45)n3)c(-c3ccccc3)c2)cc1. The standard InChI is InChI=1S/C64H41N3O/c1-6-20-42(21-7-1)45-36-38-51(55(40-45)44-24-10-3-11-25-44)61-65-62(67-63(66-61)54-33-18-31-50-49-30-16-17-35-58(49)68-60(50)54)53-32-19-34-56-59(53)52-39-37-46(43-22-8-2-9-23-43)41-57(52)64(56,47-26-12-4-13-27-47)48-28-14-5-15-29-48/h1-41H. The molecule has 0 saturated heterocycles. The molecule has 2 aromatic heterocycles. The molecule has 0 aliphatic heterocycles. The smallest absolute Gasteiger partial charge is 0.167 e. The lowest BCUT2D eigenvalue weighted by atomic mass is 9.67. The fourth-order valence-corrected chi connectivity index (χ4v) is 10.6. The maximum Gasteiger partial charge on any atom is 0.167 e. The summed E-state index contributed by atoms with van der Waals surface area (Å²) < 4.78 is 6.68. The van der Waals surface area contributed by atoms with Crippen LogP contribution in [0.25, 0.3) is 101 Å². The van der Waals surface area contributed by atoms with Crippen LogP contribution in [-0.2, 0) is 5.41 Å². The van der Waals surface area contributed by atoms with Gasteiger partial charge in [-0.05, 0) is 97.1 Å². The van der Waals surface area contributed by atoms with Crippen LogP contribution in [0, 0.1) is 0 Å². The zero-order valence-electron chi connectivity index (χ0n) is 36.9. The summed E-state index contributed by atoms with van der Waals surface area (Å²) in [5.41, 5.74) is 17.2. The van der Waals surface area contributed by atoms with Gasteiger partial charge in [-0.15, -0.1) is 0 Å². The van der Waals surface area contributed by atoms with Crippen molar-refractivity contribution in [3.05, 3.63) is 271 Å². The van der Waals surface area contributed by atoms with Crippen LogP contribution in [0.4, 0.5) is 0 Å². The molecule has 68 heavy (non-hydrogen) atoms. The highest BCUT2D eigenvalue weighted by Crippen LogP contribution is 2.59. The van der Waals surface area contributed by atoms with Gasteiger partial charge in [-0.25, -0.2) is 15.0 Å². The van der Waals surface area contributed by atoms with Gasteiger partial charge in [0.1, 0.15) is 11.2 Å². The van der Waals surface area contributed by atoms with E-state index in [-0.39, 0.29) is 0 Å². The van der Waals surface area contributed by atoms with E-state index in [4.69, 9.17) is 19.4 Å². The van der Waals surface area contributed by atoms with Crippen molar-refractivity contribution >= 4 is 21.9 Å².